The number of hydrogen-bond acceptors (Lipinski definition) is 3. The first kappa shape index (κ1) is 13.3. The fourth-order valence-electron chi connectivity index (χ4n) is 2.71. The lowest BCUT2D eigenvalue weighted by molar-refractivity contribution is -0.123. The first-order valence-corrected chi connectivity index (χ1v) is 7.81. The van der Waals surface area contributed by atoms with E-state index in [0.717, 1.165) is 24.8 Å². The number of nitrogens with two attached hydrogens (primary N) is 1. The zero-order valence-corrected chi connectivity index (χ0v) is 12.0. The van der Waals surface area contributed by atoms with E-state index in [0.29, 0.717) is 0 Å². The van der Waals surface area contributed by atoms with Crippen molar-refractivity contribution in [3.05, 3.63) is 57.8 Å². The fraction of sp³-hybridized carbons (Fsp3) is 0.312. The Kier molecular flexibility index (Phi) is 3.85. The van der Waals surface area contributed by atoms with Gasteiger partial charge in [-0.25, -0.2) is 0 Å². The second kappa shape index (κ2) is 5.77. The molecule has 20 heavy (non-hydrogen) atoms. The lowest BCUT2D eigenvalue weighted by Crippen LogP contribution is -2.37. The Bertz CT molecular complexity index is 594. The quantitative estimate of drug-likeness (QED) is 0.911. The summed E-state index contributed by atoms with van der Waals surface area (Å²) in [5, 5.41) is 5.21. The second-order valence-corrected chi connectivity index (χ2v) is 6.14. The van der Waals surface area contributed by atoms with Crippen LogP contribution in [-0.4, -0.2) is 5.91 Å². The molecule has 2 atom stereocenters. The smallest absolute Gasteiger partial charge is 0.241 e. The normalized spacial score (nSPS) is 19.1. The average Bonchev–Trinajstić information content (AvgIpc) is 2.97. The topological polar surface area (TPSA) is 55.1 Å². The standard InChI is InChI=1S/C16H18N2OS/c17-15(11-5-2-1-3-6-11)16(19)18-13-7-4-8-14-12(13)9-10-20-14/h1-3,5-6,9-10,13,15H,4,7-8,17H2,(H,18,19)/t13?,15-/m1/s1. The maximum absolute atomic E-state index is 12.3. The minimum atomic E-state index is -0.597. The van der Waals surface area contributed by atoms with Gasteiger partial charge in [0, 0.05) is 4.88 Å². The van der Waals surface area contributed by atoms with Gasteiger partial charge in [0.05, 0.1) is 6.04 Å². The summed E-state index contributed by atoms with van der Waals surface area (Å²) >= 11 is 1.78. The van der Waals surface area contributed by atoms with Gasteiger partial charge in [0.1, 0.15) is 6.04 Å². The van der Waals surface area contributed by atoms with Crippen molar-refractivity contribution in [1.82, 2.24) is 5.32 Å². The predicted octanol–water partition coefficient (Wildman–Crippen LogP) is 2.94. The Hall–Kier alpha value is -1.65. The van der Waals surface area contributed by atoms with Crippen molar-refractivity contribution in [3.8, 4) is 0 Å². The molecule has 1 unspecified atom stereocenters. The van der Waals surface area contributed by atoms with Crippen LogP contribution in [0, 0.1) is 0 Å². The highest BCUT2D eigenvalue weighted by Crippen LogP contribution is 2.33. The Labute approximate surface area is 122 Å². The van der Waals surface area contributed by atoms with Crippen molar-refractivity contribution in [3.63, 3.8) is 0 Å². The summed E-state index contributed by atoms with van der Waals surface area (Å²) in [6.07, 6.45) is 3.25. The molecule has 0 spiro atoms. The van der Waals surface area contributed by atoms with Gasteiger partial charge in [-0.1, -0.05) is 30.3 Å². The predicted molar refractivity (Wildman–Crippen MR) is 81.5 cm³/mol. The van der Waals surface area contributed by atoms with E-state index in [1.165, 1.54) is 10.4 Å². The van der Waals surface area contributed by atoms with Gasteiger partial charge in [0.25, 0.3) is 0 Å². The highest BCUT2D eigenvalue weighted by Gasteiger charge is 2.25. The van der Waals surface area contributed by atoms with Gasteiger partial charge in [-0.15, -0.1) is 11.3 Å². The van der Waals surface area contributed by atoms with E-state index in [4.69, 9.17) is 5.73 Å². The summed E-state index contributed by atoms with van der Waals surface area (Å²) < 4.78 is 0. The molecule has 0 bridgehead atoms. The summed E-state index contributed by atoms with van der Waals surface area (Å²) in [5.74, 6) is -0.0970. The number of nitrogens with one attached hydrogen (secondary N) is 1. The van der Waals surface area contributed by atoms with E-state index in [1.807, 2.05) is 30.3 Å². The monoisotopic (exact) mass is 286 g/mol. The summed E-state index contributed by atoms with van der Waals surface area (Å²) in [5.41, 5.74) is 8.17. The molecule has 0 saturated carbocycles. The summed E-state index contributed by atoms with van der Waals surface area (Å²) in [6, 6.07) is 11.2. The highest BCUT2D eigenvalue weighted by atomic mass is 32.1. The summed E-state index contributed by atoms with van der Waals surface area (Å²) in [4.78, 5) is 13.7. The molecule has 0 aliphatic heterocycles. The number of carbonyl (C=O) groups is 1. The van der Waals surface area contributed by atoms with Crippen molar-refractivity contribution in [2.45, 2.75) is 31.3 Å². The van der Waals surface area contributed by atoms with Gasteiger partial charge in [-0.2, -0.15) is 0 Å². The molecule has 1 aliphatic rings. The van der Waals surface area contributed by atoms with Crippen LogP contribution in [0.25, 0.3) is 0 Å². The third kappa shape index (κ3) is 2.62. The Morgan fingerprint density at radius 2 is 2.10 bits per heavy atom. The zero-order valence-electron chi connectivity index (χ0n) is 11.2. The third-order valence-corrected chi connectivity index (χ3v) is 4.81. The molecule has 0 saturated heterocycles. The van der Waals surface area contributed by atoms with E-state index in [9.17, 15) is 4.79 Å². The van der Waals surface area contributed by atoms with Crippen molar-refractivity contribution in [2.75, 3.05) is 0 Å². The van der Waals surface area contributed by atoms with E-state index in [2.05, 4.69) is 16.8 Å². The SMILES string of the molecule is N[C@@H](C(=O)NC1CCCc2sccc21)c1ccccc1. The first-order valence-electron chi connectivity index (χ1n) is 6.93. The first-order chi connectivity index (χ1) is 9.75. The number of benzene rings is 1. The molecule has 1 aliphatic carbocycles. The van der Waals surface area contributed by atoms with Crippen LogP contribution in [0.2, 0.25) is 0 Å². The lowest BCUT2D eigenvalue weighted by atomic mass is 9.93. The van der Waals surface area contributed by atoms with Crippen LogP contribution in [0.1, 0.15) is 40.9 Å². The average molecular weight is 286 g/mol. The Balaban J connectivity index is 1.72. The van der Waals surface area contributed by atoms with Gasteiger partial charge in [-0.05, 0) is 41.8 Å². The van der Waals surface area contributed by atoms with E-state index >= 15 is 0 Å². The van der Waals surface area contributed by atoms with Crippen LogP contribution in [0.3, 0.4) is 0 Å². The van der Waals surface area contributed by atoms with Crippen LogP contribution in [-0.2, 0) is 11.2 Å². The fourth-order valence-corrected chi connectivity index (χ4v) is 3.70. The van der Waals surface area contributed by atoms with Crippen LogP contribution in [0.4, 0.5) is 0 Å². The van der Waals surface area contributed by atoms with Crippen molar-refractivity contribution >= 4 is 17.2 Å². The summed E-state index contributed by atoms with van der Waals surface area (Å²) in [7, 11) is 0. The number of aryl methyl sites for hydroxylation is 1. The molecule has 0 fully saturated rings. The molecule has 104 valence electrons. The Morgan fingerprint density at radius 3 is 2.90 bits per heavy atom. The molecule has 1 aromatic carbocycles. The van der Waals surface area contributed by atoms with E-state index in [1.54, 1.807) is 11.3 Å². The molecule has 3 rings (SSSR count). The molecular formula is C16H18N2OS. The molecule has 4 heteroatoms. The van der Waals surface area contributed by atoms with Gasteiger partial charge in [0.2, 0.25) is 5.91 Å². The Morgan fingerprint density at radius 1 is 1.30 bits per heavy atom. The van der Waals surface area contributed by atoms with Gasteiger partial charge >= 0.3 is 0 Å². The van der Waals surface area contributed by atoms with Crippen molar-refractivity contribution < 1.29 is 4.79 Å². The third-order valence-electron chi connectivity index (χ3n) is 3.81. The molecular weight excluding hydrogens is 268 g/mol. The molecule has 1 aromatic heterocycles. The maximum Gasteiger partial charge on any atom is 0.241 e. The second-order valence-electron chi connectivity index (χ2n) is 5.14. The minimum absolute atomic E-state index is 0.0970. The number of amides is 1. The maximum atomic E-state index is 12.3. The zero-order chi connectivity index (χ0) is 13.9. The van der Waals surface area contributed by atoms with Crippen LogP contribution < -0.4 is 11.1 Å². The number of rotatable bonds is 3. The molecule has 0 radical (unpaired) electrons. The molecule has 1 heterocycles. The number of carbonyl (C=O) groups excluding carboxylic acids is 1. The van der Waals surface area contributed by atoms with Gasteiger partial charge in [0.15, 0.2) is 0 Å². The molecule has 2 aromatic rings. The van der Waals surface area contributed by atoms with Gasteiger partial charge in [-0.3, -0.25) is 4.79 Å². The highest BCUT2D eigenvalue weighted by molar-refractivity contribution is 7.10. The van der Waals surface area contributed by atoms with Gasteiger partial charge < -0.3 is 11.1 Å². The van der Waals surface area contributed by atoms with Crippen molar-refractivity contribution in [2.24, 2.45) is 5.73 Å². The number of fused-ring (bicyclic) bond motifs is 1. The summed E-state index contributed by atoms with van der Waals surface area (Å²) in [6.45, 7) is 0. The lowest BCUT2D eigenvalue weighted by Gasteiger charge is -2.25. The molecule has 1 amide bonds. The van der Waals surface area contributed by atoms with Crippen LogP contribution >= 0.6 is 11.3 Å². The molecule has 3 nitrogen and oxygen atoms in total. The molecule has 3 N–H and O–H groups in total. The van der Waals surface area contributed by atoms with E-state index < -0.39 is 6.04 Å². The van der Waals surface area contributed by atoms with Crippen molar-refractivity contribution in [1.29, 1.82) is 0 Å². The minimum Gasteiger partial charge on any atom is -0.348 e. The van der Waals surface area contributed by atoms with Crippen LogP contribution in [0.5, 0.6) is 0 Å². The number of thiophene rings is 1. The number of hydrogen-bond donors (Lipinski definition) is 2. The van der Waals surface area contributed by atoms with E-state index in [-0.39, 0.29) is 11.9 Å². The van der Waals surface area contributed by atoms with Crippen LogP contribution in [0.15, 0.2) is 41.8 Å². The largest absolute Gasteiger partial charge is 0.348 e.